The molecule has 0 spiro atoms. The number of halogens is 7. The summed E-state index contributed by atoms with van der Waals surface area (Å²) >= 11 is 0. The number of amides is 1. The zero-order chi connectivity index (χ0) is 27.3. The van der Waals surface area contributed by atoms with Crippen molar-refractivity contribution in [2.24, 2.45) is 5.92 Å². The molecule has 198 valence electrons. The summed E-state index contributed by atoms with van der Waals surface area (Å²) in [7, 11) is 0. The molecule has 1 aromatic carbocycles. The van der Waals surface area contributed by atoms with Gasteiger partial charge < -0.3 is 4.74 Å². The number of hydrogen-bond acceptors (Lipinski definition) is 2. The van der Waals surface area contributed by atoms with Gasteiger partial charge in [0.25, 0.3) is 0 Å². The second kappa shape index (κ2) is 11.8. The Bertz CT molecular complexity index is 1020. The van der Waals surface area contributed by atoms with Gasteiger partial charge in [-0.1, -0.05) is 50.3 Å². The Kier molecular flexibility index (Phi) is 9.57. The number of rotatable bonds is 8. The fraction of sp³-hybridized carbons (Fsp3) is 0.423. The van der Waals surface area contributed by atoms with Gasteiger partial charge in [-0.3, -0.25) is 4.90 Å². The molecule has 0 radical (unpaired) electrons. The molecule has 1 aliphatic heterocycles. The average Bonchev–Trinajstić information content (AvgIpc) is 3.06. The van der Waals surface area contributed by atoms with Crippen LogP contribution in [0.1, 0.15) is 50.5 Å². The van der Waals surface area contributed by atoms with Crippen LogP contribution in [-0.4, -0.2) is 30.3 Å². The quantitative estimate of drug-likeness (QED) is 0.256. The molecule has 0 N–H and O–H groups in total. The molecule has 0 aromatic heterocycles. The molecule has 1 fully saturated rings. The number of ether oxygens (including phenoxy) is 1. The lowest BCUT2D eigenvalue weighted by Gasteiger charge is -2.22. The lowest BCUT2D eigenvalue weighted by atomic mass is 9.97. The topological polar surface area (TPSA) is 29.5 Å². The third-order valence-electron chi connectivity index (χ3n) is 5.70. The van der Waals surface area contributed by atoms with E-state index in [0.29, 0.717) is 17.7 Å². The predicted octanol–water partition coefficient (Wildman–Crippen LogP) is 8.22. The molecular weight excluding hydrogens is 491 g/mol. The summed E-state index contributed by atoms with van der Waals surface area (Å²) in [5, 5.41) is 0. The Labute approximate surface area is 205 Å². The van der Waals surface area contributed by atoms with E-state index in [1.54, 1.807) is 12.2 Å². The maximum Gasteiger partial charge on any atom is 0.416 e. The van der Waals surface area contributed by atoms with Crippen LogP contribution in [0, 0.1) is 5.92 Å². The lowest BCUT2D eigenvalue weighted by molar-refractivity contribution is -0.143. The summed E-state index contributed by atoms with van der Waals surface area (Å²) in [5.74, 6) is 0.257. The minimum Gasteiger partial charge on any atom is -0.439 e. The van der Waals surface area contributed by atoms with Crippen molar-refractivity contribution >= 4 is 6.09 Å². The van der Waals surface area contributed by atoms with E-state index in [2.05, 4.69) is 0 Å². The zero-order valence-corrected chi connectivity index (χ0v) is 20.3. The summed E-state index contributed by atoms with van der Waals surface area (Å²) in [4.78, 5) is 13.7. The minimum absolute atomic E-state index is 0.0216. The lowest BCUT2D eigenvalue weighted by Crippen LogP contribution is -2.33. The Hall–Kier alpha value is -3.04. The highest BCUT2D eigenvalue weighted by Gasteiger charge is 2.43. The summed E-state index contributed by atoms with van der Waals surface area (Å²) in [6.07, 6.45) is -2.48. The second-order valence-corrected chi connectivity index (χ2v) is 8.61. The van der Waals surface area contributed by atoms with Crippen molar-refractivity contribution in [1.82, 2.24) is 4.90 Å². The van der Waals surface area contributed by atoms with E-state index >= 15 is 0 Å². The summed E-state index contributed by atoms with van der Waals surface area (Å²) in [6, 6.07) is 0.240. The third-order valence-corrected chi connectivity index (χ3v) is 5.70. The van der Waals surface area contributed by atoms with E-state index < -0.39 is 54.0 Å². The molecule has 1 saturated heterocycles. The van der Waals surface area contributed by atoms with Gasteiger partial charge in [-0.25, -0.2) is 9.18 Å². The molecule has 1 aliphatic rings. The number of carbonyl (C=O) groups excluding carboxylic acids is 1. The molecule has 1 amide bonds. The fourth-order valence-corrected chi connectivity index (χ4v) is 3.76. The van der Waals surface area contributed by atoms with Crippen molar-refractivity contribution in [3.63, 3.8) is 0 Å². The number of cyclic esters (lactones) is 1. The second-order valence-electron chi connectivity index (χ2n) is 8.61. The smallest absolute Gasteiger partial charge is 0.416 e. The normalized spacial score (nSPS) is 20.3. The van der Waals surface area contributed by atoms with Gasteiger partial charge in [0.05, 0.1) is 17.2 Å². The minimum atomic E-state index is -5.03. The Balaban J connectivity index is 2.39. The molecule has 2 rings (SSSR count). The van der Waals surface area contributed by atoms with Gasteiger partial charge in [0.2, 0.25) is 0 Å². The summed E-state index contributed by atoms with van der Waals surface area (Å²) in [6.45, 7) is 6.51. The molecule has 2 atom stereocenters. The van der Waals surface area contributed by atoms with Gasteiger partial charge in [0, 0.05) is 6.54 Å². The fourth-order valence-electron chi connectivity index (χ4n) is 3.76. The number of hydrogen-bond donors (Lipinski definition) is 0. The number of alkyl halides is 7. The first-order valence-electron chi connectivity index (χ1n) is 11.2. The van der Waals surface area contributed by atoms with Gasteiger partial charge in [-0.05, 0) is 54.7 Å². The van der Waals surface area contributed by atoms with Crippen LogP contribution in [0.15, 0.2) is 65.8 Å². The number of carbonyl (C=O) groups is 1. The van der Waals surface area contributed by atoms with Crippen molar-refractivity contribution in [3.8, 4) is 0 Å². The van der Waals surface area contributed by atoms with Gasteiger partial charge in [-0.15, -0.1) is 0 Å². The van der Waals surface area contributed by atoms with Crippen LogP contribution in [0.5, 0.6) is 0 Å². The maximum atomic E-state index is 13.3. The van der Waals surface area contributed by atoms with Crippen LogP contribution < -0.4 is 0 Å². The average molecular weight is 520 g/mol. The van der Waals surface area contributed by atoms with Crippen molar-refractivity contribution in [2.45, 2.75) is 52.2 Å². The van der Waals surface area contributed by atoms with E-state index in [9.17, 15) is 35.5 Å². The van der Waals surface area contributed by atoms with Crippen LogP contribution in [0.25, 0.3) is 0 Å². The van der Waals surface area contributed by atoms with E-state index in [1.807, 2.05) is 32.9 Å². The number of benzene rings is 1. The molecule has 36 heavy (non-hydrogen) atoms. The number of nitrogens with zero attached hydrogens (tertiary/aromatic N) is 1. The standard InChI is InChI=1S/C26H28F7NO2/c1-5-19(16(2)3)10-6-8-18(9-7-11-27)15-34-17(4)23(36-24(34)35)20-12-21(25(28,29)30)14-22(13-20)26(31,32)33/h5-10,12-14,16-17,23H,11,15H2,1-4H3. The van der Waals surface area contributed by atoms with Crippen LogP contribution >= 0.6 is 0 Å². The van der Waals surface area contributed by atoms with E-state index in [0.717, 1.165) is 5.57 Å². The van der Waals surface area contributed by atoms with E-state index in [-0.39, 0.29) is 18.5 Å². The van der Waals surface area contributed by atoms with Gasteiger partial charge in [0.15, 0.2) is 0 Å². The molecular formula is C26H28F7NO2. The first-order valence-corrected chi connectivity index (χ1v) is 11.2. The van der Waals surface area contributed by atoms with Gasteiger partial charge in [-0.2, -0.15) is 26.3 Å². The van der Waals surface area contributed by atoms with E-state index in [4.69, 9.17) is 4.74 Å². The number of allylic oxidation sites excluding steroid dienone is 6. The summed E-state index contributed by atoms with van der Waals surface area (Å²) in [5.41, 5.74) is -1.86. The molecule has 1 heterocycles. The van der Waals surface area contributed by atoms with Crippen molar-refractivity contribution in [1.29, 1.82) is 0 Å². The maximum absolute atomic E-state index is 13.3. The predicted molar refractivity (Wildman–Crippen MR) is 123 cm³/mol. The Morgan fingerprint density at radius 2 is 1.64 bits per heavy atom. The van der Waals surface area contributed by atoms with E-state index in [1.165, 1.54) is 24.0 Å². The first-order chi connectivity index (χ1) is 16.7. The zero-order valence-electron chi connectivity index (χ0n) is 20.3. The Morgan fingerprint density at radius 1 is 1.06 bits per heavy atom. The van der Waals surface area contributed by atoms with Gasteiger partial charge >= 0.3 is 18.4 Å². The highest BCUT2D eigenvalue weighted by molar-refractivity contribution is 5.71. The van der Waals surface area contributed by atoms with Crippen LogP contribution in [0.4, 0.5) is 35.5 Å². The molecule has 0 bridgehead atoms. The first kappa shape index (κ1) is 29.2. The SMILES string of the molecule is CC=C(C=CC=C(C=CCF)CN1C(=O)OC(c2cc(C(F)(F)F)cc(C(F)(F)F)c2)C1C)C(C)C. The monoisotopic (exact) mass is 519 g/mol. The van der Waals surface area contributed by atoms with Crippen molar-refractivity contribution < 1.29 is 40.3 Å². The van der Waals surface area contributed by atoms with Crippen molar-refractivity contribution in [3.05, 3.63) is 82.5 Å². The third kappa shape index (κ3) is 7.48. The Morgan fingerprint density at radius 3 is 2.11 bits per heavy atom. The summed E-state index contributed by atoms with van der Waals surface area (Å²) < 4.78 is 97.6. The largest absolute Gasteiger partial charge is 0.439 e. The van der Waals surface area contributed by atoms with Crippen LogP contribution in [-0.2, 0) is 17.1 Å². The van der Waals surface area contributed by atoms with Gasteiger partial charge in [0.1, 0.15) is 12.8 Å². The highest BCUT2D eigenvalue weighted by Crippen LogP contribution is 2.40. The molecule has 3 nitrogen and oxygen atoms in total. The van der Waals surface area contributed by atoms with Crippen molar-refractivity contribution in [2.75, 3.05) is 13.2 Å². The molecule has 1 aromatic rings. The molecule has 0 aliphatic carbocycles. The molecule has 2 unspecified atom stereocenters. The van der Waals surface area contributed by atoms with Crippen LogP contribution in [0.3, 0.4) is 0 Å². The highest BCUT2D eigenvalue weighted by atomic mass is 19.4. The van der Waals surface area contributed by atoms with Crippen LogP contribution in [0.2, 0.25) is 0 Å². The molecule has 0 saturated carbocycles. The molecule has 10 heteroatoms.